The van der Waals surface area contributed by atoms with Gasteiger partial charge >= 0.3 is 0 Å². The lowest BCUT2D eigenvalue weighted by atomic mass is 10.2. The van der Waals surface area contributed by atoms with Crippen molar-refractivity contribution in [2.75, 3.05) is 18.2 Å². The third-order valence-electron chi connectivity index (χ3n) is 3.09. The van der Waals surface area contributed by atoms with Gasteiger partial charge in [0, 0.05) is 18.7 Å². The third-order valence-corrected chi connectivity index (χ3v) is 4.11. The predicted octanol–water partition coefficient (Wildman–Crippen LogP) is 2.68. The highest BCUT2D eigenvalue weighted by atomic mass is 32.2. The van der Waals surface area contributed by atoms with E-state index in [9.17, 15) is 4.79 Å². The van der Waals surface area contributed by atoms with Crippen LogP contribution in [0, 0.1) is 0 Å². The van der Waals surface area contributed by atoms with E-state index in [-0.39, 0.29) is 11.7 Å². The van der Waals surface area contributed by atoms with Gasteiger partial charge in [0.05, 0.1) is 12.9 Å². The molecule has 0 atom stereocenters. The van der Waals surface area contributed by atoms with E-state index in [4.69, 9.17) is 4.74 Å². The minimum Gasteiger partial charge on any atom is -0.497 e. The van der Waals surface area contributed by atoms with E-state index in [1.165, 1.54) is 11.8 Å². The molecule has 0 aliphatic heterocycles. The standard InChI is InChI=1S/C15H20N4O2S/c1-10(2)14-17-18-15(19(14)3)22-9-13(20)16-11-5-7-12(21-4)8-6-11/h5-8,10H,9H2,1-4H3,(H,16,20). The van der Waals surface area contributed by atoms with Gasteiger partial charge in [-0.3, -0.25) is 4.79 Å². The molecule has 7 heteroatoms. The van der Waals surface area contributed by atoms with Crippen LogP contribution >= 0.6 is 11.8 Å². The molecule has 0 saturated heterocycles. The highest BCUT2D eigenvalue weighted by molar-refractivity contribution is 7.99. The molecule has 0 aliphatic rings. The van der Waals surface area contributed by atoms with E-state index in [1.54, 1.807) is 31.4 Å². The average Bonchev–Trinajstić information content (AvgIpc) is 2.87. The Hall–Kier alpha value is -2.02. The number of ether oxygens (including phenoxy) is 1. The Balaban J connectivity index is 1.89. The van der Waals surface area contributed by atoms with Crippen molar-refractivity contribution in [3.8, 4) is 5.75 Å². The highest BCUT2D eigenvalue weighted by Gasteiger charge is 2.13. The Morgan fingerprint density at radius 3 is 2.55 bits per heavy atom. The molecule has 1 aromatic carbocycles. The van der Waals surface area contributed by atoms with Gasteiger partial charge in [-0.2, -0.15) is 0 Å². The molecule has 0 bridgehead atoms. The lowest BCUT2D eigenvalue weighted by molar-refractivity contribution is -0.113. The first-order valence-corrected chi connectivity index (χ1v) is 7.95. The van der Waals surface area contributed by atoms with Crippen molar-refractivity contribution in [1.82, 2.24) is 14.8 Å². The van der Waals surface area contributed by atoms with Crippen molar-refractivity contribution in [1.29, 1.82) is 0 Å². The van der Waals surface area contributed by atoms with Gasteiger partial charge in [-0.1, -0.05) is 25.6 Å². The first-order valence-electron chi connectivity index (χ1n) is 6.97. The second-order valence-corrected chi connectivity index (χ2v) is 6.06. The van der Waals surface area contributed by atoms with Crippen molar-refractivity contribution in [3.63, 3.8) is 0 Å². The molecule has 22 heavy (non-hydrogen) atoms. The van der Waals surface area contributed by atoms with Gasteiger partial charge in [0.2, 0.25) is 5.91 Å². The molecule has 6 nitrogen and oxygen atoms in total. The number of thioether (sulfide) groups is 1. The largest absolute Gasteiger partial charge is 0.497 e. The van der Waals surface area contributed by atoms with Crippen molar-refractivity contribution in [2.24, 2.45) is 7.05 Å². The summed E-state index contributed by atoms with van der Waals surface area (Å²) in [5, 5.41) is 11.8. The summed E-state index contributed by atoms with van der Waals surface area (Å²) >= 11 is 1.37. The molecule has 2 aromatic rings. The van der Waals surface area contributed by atoms with Gasteiger partial charge in [0.1, 0.15) is 11.6 Å². The number of carbonyl (C=O) groups excluding carboxylic acids is 1. The van der Waals surface area contributed by atoms with Gasteiger partial charge in [-0.25, -0.2) is 0 Å². The number of aromatic nitrogens is 3. The Bertz CT molecular complexity index is 637. The van der Waals surface area contributed by atoms with Crippen LogP contribution in [0.1, 0.15) is 25.6 Å². The van der Waals surface area contributed by atoms with E-state index in [2.05, 4.69) is 29.4 Å². The zero-order valence-electron chi connectivity index (χ0n) is 13.2. The van der Waals surface area contributed by atoms with E-state index < -0.39 is 0 Å². The summed E-state index contributed by atoms with van der Waals surface area (Å²) in [6.07, 6.45) is 0. The Morgan fingerprint density at radius 2 is 2.00 bits per heavy atom. The van der Waals surface area contributed by atoms with Crippen LogP contribution in [-0.2, 0) is 11.8 Å². The van der Waals surface area contributed by atoms with Crippen LogP contribution in [0.5, 0.6) is 5.75 Å². The number of methoxy groups -OCH3 is 1. The molecule has 1 heterocycles. The highest BCUT2D eigenvalue weighted by Crippen LogP contribution is 2.20. The Morgan fingerprint density at radius 1 is 1.32 bits per heavy atom. The molecule has 2 rings (SSSR count). The Kier molecular flexibility index (Phi) is 5.43. The number of nitrogens with zero attached hydrogens (tertiary/aromatic N) is 3. The zero-order valence-corrected chi connectivity index (χ0v) is 14.0. The second kappa shape index (κ2) is 7.31. The summed E-state index contributed by atoms with van der Waals surface area (Å²) in [4.78, 5) is 12.0. The van der Waals surface area contributed by atoms with Crippen LogP contribution in [0.2, 0.25) is 0 Å². The van der Waals surface area contributed by atoms with Crippen LogP contribution in [0.3, 0.4) is 0 Å². The zero-order chi connectivity index (χ0) is 16.1. The number of nitrogens with one attached hydrogen (secondary N) is 1. The minimum absolute atomic E-state index is 0.0794. The summed E-state index contributed by atoms with van der Waals surface area (Å²) in [5.74, 6) is 2.19. The Labute approximate surface area is 134 Å². The molecule has 0 aliphatic carbocycles. The molecule has 0 fully saturated rings. The number of rotatable bonds is 6. The van der Waals surface area contributed by atoms with Gasteiger partial charge in [0.15, 0.2) is 5.16 Å². The monoisotopic (exact) mass is 320 g/mol. The summed E-state index contributed by atoms with van der Waals surface area (Å²) < 4.78 is 7.01. The van der Waals surface area contributed by atoms with Gasteiger partial charge < -0.3 is 14.6 Å². The number of carbonyl (C=O) groups is 1. The summed E-state index contributed by atoms with van der Waals surface area (Å²) in [6.45, 7) is 4.13. The SMILES string of the molecule is COc1ccc(NC(=O)CSc2nnc(C(C)C)n2C)cc1. The van der Waals surface area contributed by atoms with Gasteiger partial charge in [0.25, 0.3) is 0 Å². The fourth-order valence-electron chi connectivity index (χ4n) is 1.96. The minimum atomic E-state index is -0.0794. The average molecular weight is 320 g/mol. The molecular weight excluding hydrogens is 300 g/mol. The normalized spacial score (nSPS) is 10.8. The smallest absolute Gasteiger partial charge is 0.234 e. The fourth-order valence-corrected chi connectivity index (χ4v) is 2.67. The van der Waals surface area contributed by atoms with E-state index >= 15 is 0 Å². The molecule has 1 amide bonds. The topological polar surface area (TPSA) is 69.0 Å². The van der Waals surface area contributed by atoms with Crippen molar-refractivity contribution in [3.05, 3.63) is 30.1 Å². The van der Waals surface area contributed by atoms with Crippen LogP contribution < -0.4 is 10.1 Å². The molecule has 0 spiro atoms. The maximum Gasteiger partial charge on any atom is 0.234 e. The number of benzene rings is 1. The van der Waals surface area contributed by atoms with Crippen molar-refractivity contribution in [2.45, 2.75) is 24.9 Å². The number of amides is 1. The van der Waals surface area contributed by atoms with E-state index in [1.807, 2.05) is 11.6 Å². The van der Waals surface area contributed by atoms with Crippen LogP contribution in [-0.4, -0.2) is 33.5 Å². The molecule has 0 radical (unpaired) electrons. The number of hydrogen-bond acceptors (Lipinski definition) is 5. The molecule has 0 saturated carbocycles. The second-order valence-electron chi connectivity index (χ2n) is 5.12. The number of hydrogen-bond donors (Lipinski definition) is 1. The molecule has 118 valence electrons. The molecule has 1 N–H and O–H groups in total. The lowest BCUT2D eigenvalue weighted by Crippen LogP contribution is -2.14. The lowest BCUT2D eigenvalue weighted by Gasteiger charge is -2.07. The van der Waals surface area contributed by atoms with Gasteiger partial charge in [-0.15, -0.1) is 10.2 Å². The molecule has 1 aromatic heterocycles. The quantitative estimate of drug-likeness (QED) is 0.829. The van der Waals surface area contributed by atoms with Crippen LogP contribution in [0.4, 0.5) is 5.69 Å². The fraction of sp³-hybridized carbons (Fsp3) is 0.400. The summed E-state index contributed by atoms with van der Waals surface area (Å²) in [5.41, 5.74) is 0.743. The summed E-state index contributed by atoms with van der Waals surface area (Å²) in [6, 6.07) is 7.22. The van der Waals surface area contributed by atoms with Crippen LogP contribution in [0.25, 0.3) is 0 Å². The maximum absolute atomic E-state index is 12.0. The first-order chi connectivity index (χ1) is 10.5. The van der Waals surface area contributed by atoms with Crippen molar-refractivity contribution >= 4 is 23.4 Å². The van der Waals surface area contributed by atoms with Crippen molar-refractivity contribution < 1.29 is 9.53 Å². The first kappa shape index (κ1) is 16.4. The molecular formula is C15H20N4O2S. The number of anilines is 1. The predicted molar refractivity (Wildman–Crippen MR) is 87.4 cm³/mol. The summed E-state index contributed by atoms with van der Waals surface area (Å²) in [7, 11) is 3.52. The van der Waals surface area contributed by atoms with Crippen LogP contribution in [0.15, 0.2) is 29.4 Å². The maximum atomic E-state index is 12.0. The van der Waals surface area contributed by atoms with E-state index in [0.29, 0.717) is 5.92 Å². The third kappa shape index (κ3) is 4.00. The van der Waals surface area contributed by atoms with E-state index in [0.717, 1.165) is 22.4 Å². The van der Waals surface area contributed by atoms with Gasteiger partial charge in [-0.05, 0) is 24.3 Å². The molecule has 0 unspecified atom stereocenters.